The molecule has 0 saturated carbocycles. The molecule has 0 atom stereocenters. The quantitative estimate of drug-likeness (QED) is 0.251. The van der Waals surface area contributed by atoms with Gasteiger partial charge < -0.3 is 24.1 Å². The maximum absolute atomic E-state index is 6.24. The zero-order valence-corrected chi connectivity index (χ0v) is 21.6. The second-order valence-corrected chi connectivity index (χ2v) is 9.30. The van der Waals surface area contributed by atoms with Crippen molar-refractivity contribution in [3.8, 4) is 28.1 Å². The zero-order chi connectivity index (χ0) is 25.8. The molecule has 0 aliphatic heterocycles. The zero-order valence-electron chi connectivity index (χ0n) is 20.9. The molecule has 9 nitrogen and oxygen atoms in total. The molecule has 2 N–H and O–H groups in total. The Morgan fingerprint density at radius 1 is 0.973 bits per heavy atom. The van der Waals surface area contributed by atoms with Gasteiger partial charge >= 0.3 is 0 Å². The highest BCUT2D eigenvalue weighted by Crippen LogP contribution is 2.42. The molecule has 6 aromatic rings. The molecule has 0 aliphatic carbocycles. The Balaban J connectivity index is 1.55. The van der Waals surface area contributed by atoms with Crippen LogP contribution in [-0.2, 0) is 0 Å². The van der Waals surface area contributed by atoms with Gasteiger partial charge in [0.15, 0.2) is 5.76 Å². The third-order valence-electron chi connectivity index (χ3n) is 6.39. The van der Waals surface area contributed by atoms with Gasteiger partial charge in [-0.2, -0.15) is 0 Å². The molecule has 4 heterocycles. The summed E-state index contributed by atoms with van der Waals surface area (Å²) in [6.07, 6.45) is 0. The minimum Gasteiger partial charge on any atom is -0.496 e. The lowest BCUT2D eigenvalue weighted by Crippen LogP contribution is -2.00. The number of ether oxygens (including phenoxy) is 1. The first-order valence-corrected chi connectivity index (χ1v) is 12.0. The second kappa shape index (κ2) is 8.63. The Hall–Kier alpha value is -4.37. The summed E-state index contributed by atoms with van der Waals surface area (Å²) >= 11 is 6.24. The van der Waals surface area contributed by atoms with Crippen LogP contribution in [0.3, 0.4) is 0 Å². The molecule has 2 aromatic carbocycles. The number of aryl methyl sites for hydroxylation is 4. The molecule has 0 amide bonds. The first-order chi connectivity index (χ1) is 17.8. The summed E-state index contributed by atoms with van der Waals surface area (Å²) in [4.78, 5) is 12.9. The molecule has 0 unspecified atom stereocenters. The lowest BCUT2D eigenvalue weighted by Gasteiger charge is -2.11. The van der Waals surface area contributed by atoms with Crippen LogP contribution < -0.4 is 10.1 Å². The minimum absolute atomic E-state index is 0.609. The lowest BCUT2D eigenvalue weighted by molar-refractivity contribution is 0.393. The van der Waals surface area contributed by atoms with Gasteiger partial charge in [-0.1, -0.05) is 34.0 Å². The van der Waals surface area contributed by atoms with Crippen LogP contribution in [0.15, 0.2) is 45.4 Å². The number of benzene rings is 2. The molecule has 10 heteroatoms. The highest BCUT2D eigenvalue weighted by Gasteiger charge is 2.22. The van der Waals surface area contributed by atoms with E-state index in [4.69, 9.17) is 30.4 Å². The molecule has 0 fully saturated rings. The van der Waals surface area contributed by atoms with Gasteiger partial charge in [-0.25, -0.2) is 9.97 Å². The number of fused-ring (bicyclic) bond motifs is 3. The van der Waals surface area contributed by atoms with Crippen LogP contribution in [0.25, 0.3) is 44.3 Å². The van der Waals surface area contributed by atoms with Crippen molar-refractivity contribution in [1.29, 1.82) is 0 Å². The Morgan fingerprint density at radius 3 is 2.51 bits per heavy atom. The highest BCUT2D eigenvalue weighted by molar-refractivity contribution is 6.30. The summed E-state index contributed by atoms with van der Waals surface area (Å²) < 4.78 is 16.8. The van der Waals surface area contributed by atoms with Crippen LogP contribution in [0.2, 0.25) is 5.02 Å². The van der Waals surface area contributed by atoms with E-state index in [2.05, 4.69) is 25.6 Å². The maximum Gasteiger partial charge on any atom is 0.157 e. The van der Waals surface area contributed by atoms with Crippen LogP contribution in [-0.4, -0.2) is 32.4 Å². The molecule has 0 aliphatic rings. The Bertz CT molecular complexity index is 1800. The summed E-state index contributed by atoms with van der Waals surface area (Å²) in [6, 6.07) is 11.5. The number of methoxy groups -OCH3 is 1. The summed E-state index contributed by atoms with van der Waals surface area (Å²) in [7, 11) is 1.65. The van der Waals surface area contributed by atoms with E-state index in [-0.39, 0.29) is 0 Å². The molecular weight excluding hydrogens is 492 g/mol. The number of nitrogens with zero attached hydrogens (tertiary/aromatic N) is 4. The molecular formula is C27H23ClN6O3. The van der Waals surface area contributed by atoms with Crippen LogP contribution >= 0.6 is 11.6 Å². The smallest absolute Gasteiger partial charge is 0.157 e. The van der Waals surface area contributed by atoms with Crippen molar-refractivity contribution >= 4 is 45.0 Å². The van der Waals surface area contributed by atoms with Crippen LogP contribution in [0.4, 0.5) is 11.5 Å². The van der Waals surface area contributed by atoms with E-state index in [0.717, 1.165) is 44.4 Å². The summed E-state index contributed by atoms with van der Waals surface area (Å²) in [5.74, 6) is 3.27. The van der Waals surface area contributed by atoms with E-state index in [1.807, 2.05) is 64.1 Å². The number of aromatic nitrogens is 5. The number of anilines is 2. The number of H-pyrrole nitrogens is 1. The van der Waals surface area contributed by atoms with Gasteiger partial charge in [0.05, 0.1) is 23.8 Å². The van der Waals surface area contributed by atoms with Gasteiger partial charge in [0.1, 0.15) is 40.2 Å². The fraction of sp³-hybridized carbons (Fsp3) is 0.185. The van der Waals surface area contributed by atoms with Crippen LogP contribution in [0.5, 0.6) is 5.75 Å². The fourth-order valence-electron chi connectivity index (χ4n) is 4.73. The van der Waals surface area contributed by atoms with Crippen LogP contribution in [0, 0.1) is 27.7 Å². The summed E-state index contributed by atoms with van der Waals surface area (Å²) in [5.41, 5.74) is 6.34. The molecule has 0 saturated heterocycles. The monoisotopic (exact) mass is 514 g/mol. The average molecular weight is 515 g/mol. The number of nitrogens with one attached hydrogen (secondary N) is 2. The first-order valence-electron chi connectivity index (χ1n) is 11.6. The van der Waals surface area contributed by atoms with Gasteiger partial charge in [0.2, 0.25) is 0 Å². The van der Waals surface area contributed by atoms with Crippen molar-refractivity contribution in [3.05, 3.63) is 64.5 Å². The van der Waals surface area contributed by atoms with E-state index in [9.17, 15) is 0 Å². The standard InChI is InChI=1S/C27H23ClN6O3/c1-12-22(13(2)36-33-12)19-10-20-18(11-21(19)35-5)23-26(31-20)29-15(4)30-27(23)32-24-14(3)37-34-25(24)16-7-6-8-17(28)9-16/h6-11H,1-5H3,(H2,29,30,31,32). The van der Waals surface area contributed by atoms with Crippen molar-refractivity contribution in [2.45, 2.75) is 27.7 Å². The Morgan fingerprint density at radius 2 is 1.78 bits per heavy atom. The predicted molar refractivity (Wildman–Crippen MR) is 143 cm³/mol. The van der Waals surface area contributed by atoms with Gasteiger partial charge in [-0.15, -0.1) is 0 Å². The highest BCUT2D eigenvalue weighted by atomic mass is 35.5. The van der Waals surface area contributed by atoms with Gasteiger partial charge in [-0.3, -0.25) is 0 Å². The second-order valence-electron chi connectivity index (χ2n) is 8.86. The molecule has 0 bridgehead atoms. The van der Waals surface area contributed by atoms with E-state index >= 15 is 0 Å². The van der Waals surface area contributed by atoms with E-state index < -0.39 is 0 Å². The van der Waals surface area contributed by atoms with E-state index in [1.165, 1.54) is 0 Å². The molecule has 0 radical (unpaired) electrons. The molecule has 0 spiro atoms. The Labute approximate surface area is 216 Å². The van der Waals surface area contributed by atoms with Crippen LogP contribution in [0.1, 0.15) is 23.0 Å². The molecule has 37 heavy (non-hydrogen) atoms. The number of hydrogen-bond donors (Lipinski definition) is 2. The van der Waals surface area contributed by atoms with Crippen molar-refractivity contribution in [2.75, 3.05) is 12.4 Å². The summed E-state index contributed by atoms with van der Waals surface area (Å²) in [5, 5.41) is 14.2. The minimum atomic E-state index is 0.609. The van der Waals surface area contributed by atoms with E-state index in [0.29, 0.717) is 45.2 Å². The van der Waals surface area contributed by atoms with Crippen molar-refractivity contribution in [1.82, 2.24) is 25.3 Å². The SMILES string of the molecule is COc1cc2c(cc1-c1c(C)noc1C)[nH]c1nc(C)nc(Nc3c(-c4cccc(Cl)c4)noc3C)c12. The van der Waals surface area contributed by atoms with Crippen molar-refractivity contribution in [3.63, 3.8) is 0 Å². The summed E-state index contributed by atoms with van der Waals surface area (Å²) in [6.45, 7) is 7.50. The largest absolute Gasteiger partial charge is 0.496 e. The predicted octanol–water partition coefficient (Wildman–Crippen LogP) is 7.06. The third-order valence-corrected chi connectivity index (χ3v) is 6.62. The van der Waals surface area contributed by atoms with E-state index in [1.54, 1.807) is 7.11 Å². The molecule has 4 aromatic heterocycles. The fourth-order valence-corrected chi connectivity index (χ4v) is 4.92. The first kappa shape index (κ1) is 23.1. The number of rotatable bonds is 5. The number of aromatic amines is 1. The maximum atomic E-state index is 6.24. The number of halogens is 1. The molecule has 6 rings (SSSR count). The van der Waals surface area contributed by atoms with Crippen molar-refractivity contribution < 1.29 is 13.8 Å². The topological polar surface area (TPSA) is 115 Å². The number of hydrogen-bond acceptors (Lipinski definition) is 8. The van der Waals surface area contributed by atoms with Gasteiger partial charge in [0, 0.05) is 27.1 Å². The third kappa shape index (κ3) is 3.79. The van der Waals surface area contributed by atoms with Crippen molar-refractivity contribution in [2.24, 2.45) is 0 Å². The normalized spacial score (nSPS) is 11.5. The van der Waals surface area contributed by atoms with Gasteiger partial charge in [0.25, 0.3) is 0 Å². The average Bonchev–Trinajstić information content (AvgIpc) is 3.52. The van der Waals surface area contributed by atoms with Gasteiger partial charge in [-0.05, 0) is 52.0 Å². The Kier molecular flexibility index (Phi) is 5.38. The lowest BCUT2D eigenvalue weighted by atomic mass is 10.0. The molecule has 186 valence electrons.